The summed E-state index contributed by atoms with van der Waals surface area (Å²) in [7, 11) is 0. The topological polar surface area (TPSA) is 61.6 Å². The summed E-state index contributed by atoms with van der Waals surface area (Å²) in [6, 6.07) is 5.36. The second-order valence-electron chi connectivity index (χ2n) is 3.69. The number of hydrogen-bond acceptors (Lipinski definition) is 5. The van der Waals surface area contributed by atoms with E-state index in [0.29, 0.717) is 22.8 Å². The molecule has 2 heterocycles. The molecule has 1 aliphatic heterocycles. The highest BCUT2D eigenvalue weighted by Gasteiger charge is 2.19. The molecule has 86 valence electrons. The highest BCUT2D eigenvalue weighted by molar-refractivity contribution is 5.99. The van der Waals surface area contributed by atoms with Crippen molar-refractivity contribution < 1.29 is 18.8 Å². The zero-order valence-electron chi connectivity index (χ0n) is 9.10. The lowest BCUT2D eigenvalue weighted by Crippen LogP contribution is -1.93. The molecular formula is C12H9NO4. The highest BCUT2D eigenvalue weighted by atomic mass is 16.7. The fraction of sp³-hybridized carbons (Fsp3) is 0.167. The molecule has 0 N–H and O–H groups in total. The number of fused-ring (bicyclic) bond motifs is 1. The Bertz CT molecular complexity index is 588. The van der Waals surface area contributed by atoms with Crippen LogP contribution in [0.25, 0.3) is 11.3 Å². The van der Waals surface area contributed by atoms with Gasteiger partial charge >= 0.3 is 0 Å². The molecule has 0 radical (unpaired) electrons. The fourth-order valence-electron chi connectivity index (χ4n) is 1.74. The molecule has 17 heavy (non-hydrogen) atoms. The smallest absolute Gasteiger partial charge is 0.231 e. The van der Waals surface area contributed by atoms with Gasteiger partial charge in [-0.15, -0.1) is 0 Å². The number of rotatable bonds is 2. The van der Waals surface area contributed by atoms with Crippen LogP contribution in [0.15, 0.2) is 28.9 Å². The van der Waals surface area contributed by atoms with Gasteiger partial charge in [0.15, 0.2) is 23.0 Å². The molecule has 1 aromatic carbocycles. The van der Waals surface area contributed by atoms with Gasteiger partial charge in [0.05, 0.1) is 11.8 Å². The first kappa shape index (κ1) is 9.89. The second kappa shape index (κ2) is 3.62. The summed E-state index contributed by atoms with van der Waals surface area (Å²) in [6.07, 6.45) is 1.42. The summed E-state index contributed by atoms with van der Waals surface area (Å²) in [6.45, 7) is 1.69. The maximum absolute atomic E-state index is 11.4. The van der Waals surface area contributed by atoms with Crippen LogP contribution in [0.1, 0.15) is 17.3 Å². The molecule has 0 aliphatic carbocycles. The van der Waals surface area contributed by atoms with Gasteiger partial charge in [0.2, 0.25) is 6.79 Å². The van der Waals surface area contributed by atoms with Crippen LogP contribution in [0.4, 0.5) is 0 Å². The van der Waals surface area contributed by atoms with Crippen LogP contribution in [0.3, 0.4) is 0 Å². The van der Waals surface area contributed by atoms with Crippen LogP contribution in [0, 0.1) is 0 Å². The summed E-state index contributed by atoms with van der Waals surface area (Å²) in [4.78, 5) is 11.4. The van der Waals surface area contributed by atoms with E-state index in [4.69, 9.17) is 14.0 Å². The Kier molecular flexibility index (Phi) is 2.11. The number of carbonyl (C=O) groups excluding carboxylic acids is 1. The number of nitrogens with zero attached hydrogens (tertiary/aromatic N) is 1. The van der Waals surface area contributed by atoms with Crippen molar-refractivity contribution in [1.29, 1.82) is 0 Å². The van der Waals surface area contributed by atoms with E-state index in [1.807, 2.05) is 0 Å². The first-order chi connectivity index (χ1) is 8.25. The first-order valence-corrected chi connectivity index (χ1v) is 5.11. The molecule has 0 unspecified atom stereocenters. The molecule has 0 amide bonds. The monoisotopic (exact) mass is 231 g/mol. The van der Waals surface area contributed by atoms with Gasteiger partial charge in [0.25, 0.3) is 0 Å². The van der Waals surface area contributed by atoms with Crippen molar-refractivity contribution >= 4 is 5.78 Å². The molecule has 0 fully saturated rings. The van der Waals surface area contributed by atoms with Crippen molar-refractivity contribution in [2.75, 3.05) is 6.79 Å². The number of carbonyl (C=O) groups is 1. The minimum atomic E-state index is -0.0843. The zero-order valence-corrected chi connectivity index (χ0v) is 9.10. The number of ether oxygens (including phenoxy) is 2. The van der Waals surface area contributed by atoms with Gasteiger partial charge in [-0.25, -0.2) is 0 Å². The molecule has 5 nitrogen and oxygen atoms in total. The van der Waals surface area contributed by atoms with Crippen LogP contribution < -0.4 is 9.47 Å². The average molecular weight is 231 g/mol. The van der Waals surface area contributed by atoms with Crippen molar-refractivity contribution in [2.24, 2.45) is 0 Å². The lowest BCUT2D eigenvalue weighted by molar-refractivity contribution is 0.101. The Morgan fingerprint density at radius 2 is 2.12 bits per heavy atom. The number of hydrogen-bond donors (Lipinski definition) is 0. The molecule has 0 spiro atoms. The van der Waals surface area contributed by atoms with Gasteiger partial charge in [0.1, 0.15) is 0 Å². The number of benzene rings is 1. The summed E-state index contributed by atoms with van der Waals surface area (Å²) in [5.41, 5.74) is 1.21. The van der Waals surface area contributed by atoms with Crippen molar-refractivity contribution in [3.05, 3.63) is 30.0 Å². The number of ketones is 1. The van der Waals surface area contributed by atoms with Crippen LogP contribution >= 0.6 is 0 Å². The molecule has 1 aliphatic rings. The van der Waals surface area contributed by atoms with Crippen LogP contribution in [0.2, 0.25) is 0 Å². The molecule has 0 atom stereocenters. The average Bonchev–Trinajstić information content (AvgIpc) is 2.96. The standard InChI is InChI=1S/C12H9NO4/c1-7(14)9-5-13-17-12(9)8-2-3-10-11(4-8)16-6-15-10/h2-5H,6H2,1H3. The third-order valence-corrected chi connectivity index (χ3v) is 2.58. The summed E-state index contributed by atoms with van der Waals surface area (Å²) >= 11 is 0. The predicted molar refractivity (Wildman–Crippen MR) is 58.1 cm³/mol. The Hall–Kier alpha value is -2.30. The van der Waals surface area contributed by atoms with E-state index in [1.54, 1.807) is 18.2 Å². The molecule has 0 saturated heterocycles. The van der Waals surface area contributed by atoms with Gasteiger partial charge in [-0.1, -0.05) is 5.16 Å². The molecule has 3 rings (SSSR count). The largest absolute Gasteiger partial charge is 0.454 e. The van der Waals surface area contributed by atoms with Crippen molar-refractivity contribution in [3.8, 4) is 22.8 Å². The highest BCUT2D eigenvalue weighted by Crippen LogP contribution is 2.36. The molecule has 5 heteroatoms. The van der Waals surface area contributed by atoms with Gasteiger partial charge in [-0.3, -0.25) is 4.79 Å². The minimum Gasteiger partial charge on any atom is -0.454 e. The lowest BCUT2D eigenvalue weighted by atomic mass is 10.1. The Morgan fingerprint density at radius 1 is 1.29 bits per heavy atom. The van der Waals surface area contributed by atoms with Gasteiger partial charge in [-0.05, 0) is 25.1 Å². The first-order valence-electron chi connectivity index (χ1n) is 5.11. The van der Waals surface area contributed by atoms with E-state index < -0.39 is 0 Å². The maximum Gasteiger partial charge on any atom is 0.231 e. The quantitative estimate of drug-likeness (QED) is 0.742. The number of Topliss-reactive ketones (excluding diaryl/α,β-unsaturated/α-hetero) is 1. The summed E-state index contributed by atoms with van der Waals surface area (Å²) in [5, 5.41) is 3.65. The molecule has 0 saturated carbocycles. The Labute approximate surface area is 96.9 Å². The third-order valence-electron chi connectivity index (χ3n) is 2.58. The van der Waals surface area contributed by atoms with Crippen molar-refractivity contribution in [3.63, 3.8) is 0 Å². The van der Waals surface area contributed by atoms with E-state index in [9.17, 15) is 4.79 Å². The lowest BCUT2D eigenvalue weighted by Gasteiger charge is -2.00. The van der Waals surface area contributed by atoms with E-state index in [-0.39, 0.29) is 12.6 Å². The van der Waals surface area contributed by atoms with E-state index >= 15 is 0 Å². The number of aromatic nitrogens is 1. The van der Waals surface area contributed by atoms with Gasteiger partial charge in [0, 0.05) is 5.56 Å². The third kappa shape index (κ3) is 1.56. The summed E-state index contributed by atoms with van der Waals surface area (Å²) < 4.78 is 15.6. The van der Waals surface area contributed by atoms with Crippen LogP contribution in [0.5, 0.6) is 11.5 Å². The molecule has 1 aromatic heterocycles. The second-order valence-corrected chi connectivity index (χ2v) is 3.69. The Morgan fingerprint density at radius 3 is 2.94 bits per heavy atom. The Balaban J connectivity index is 2.09. The van der Waals surface area contributed by atoms with Crippen LogP contribution in [-0.2, 0) is 0 Å². The molecule has 2 aromatic rings. The SMILES string of the molecule is CC(=O)c1cnoc1-c1ccc2c(c1)OCO2. The van der Waals surface area contributed by atoms with E-state index in [0.717, 1.165) is 5.56 Å². The van der Waals surface area contributed by atoms with Gasteiger partial charge in [-0.2, -0.15) is 0 Å². The van der Waals surface area contributed by atoms with Crippen LogP contribution in [-0.4, -0.2) is 17.7 Å². The van der Waals surface area contributed by atoms with E-state index in [1.165, 1.54) is 13.1 Å². The zero-order chi connectivity index (χ0) is 11.8. The molecular weight excluding hydrogens is 222 g/mol. The predicted octanol–water partition coefficient (Wildman–Crippen LogP) is 2.27. The minimum absolute atomic E-state index is 0.0843. The van der Waals surface area contributed by atoms with Gasteiger partial charge < -0.3 is 14.0 Å². The van der Waals surface area contributed by atoms with Crippen molar-refractivity contribution in [2.45, 2.75) is 6.92 Å². The van der Waals surface area contributed by atoms with Crippen molar-refractivity contribution in [1.82, 2.24) is 5.16 Å². The van der Waals surface area contributed by atoms with E-state index in [2.05, 4.69) is 5.16 Å². The summed E-state index contributed by atoms with van der Waals surface area (Å²) in [5.74, 6) is 1.71. The fourth-order valence-corrected chi connectivity index (χ4v) is 1.74. The normalized spacial score (nSPS) is 12.8. The maximum atomic E-state index is 11.4. The molecule has 0 bridgehead atoms.